The summed E-state index contributed by atoms with van der Waals surface area (Å²) in [6, 6.07) is 0.600. The first-order valence-corrected chi connectivity index (χ1v) is 23.5. The zero-order valence-corrected chi connectivity index (χ0v) is 36.8. The molecule has 17 nitrogen and oxygen atoms in total. The molecule has 9 rings (SSSR count). The molecule has 7 aliphatic rings. The molecule has 5 saturated heterocycles. The van der Waals surface area contributed by atoms with Crippen LogP contribution in [0.5, 0.6) is 0 Å². The van der Waals surface area contributed by atoms with E-state index in [1.54, 1.807) is 30.6 Å². The standard InChI is InChI=1S/C47H59N7O10/c1-29(55)26-32(56)14-15-39(57)48-22-24-50(25-23-48)43(59)35-10-4-19-52(35)45(61)37-12-6-21-54(37)46(62)38-13-7-20-53(38)44(60)36-11-5-18-51(36)42(58)34-28-31-27-30-8-2-16-49-17-3-9-33(40(30)49)41(31)64-47(34)63/h26-28,35-38,56H,2-25H2,1H3. The molecule has 17 heteroatoms. The van der Waals surface area contributed by atoms with Crippen molar-refractivity contribution in [3.8, 4) is 0 Å². The Bertz CT molecular complexity index is 2350. The van der Waals surface area contributed by atoms with E-state index in [4.69, 9.17) is 4.42 Å². The smallest absolute Gasteiger partial charge is 0.349 e. The number of allylic oxidation sites excluding steroid dienone is 2. The fraction of sp³-hybridized carbons (Fsp3) is 0.617. The van der Waals surface area contributed by atoms with Gasteiger partial charge in [-0.15, -0.1) is 0 Å². The van der Waals surface area contributed by atoms with Crippen LogP contribution in [0.2, 0.25) is 0 Å². The molecule has 0 radical (unpaired) electrons. The van der Waals surface area contributed by atoms with Crippen LogP contribution in [-0.2, 0) is 41.6 Å². The van der Waals surface area contributed by atoms with Gasteiger partial charge in [-0.3, -0.25) is 33.6 Å². The minimum atomic E-state index is -0.843. The average Bonchev–Trinajstić information content (AvgIpc) is 4.15. The predicted molar refractivity (Wildman–Crippen MR) is 233 cm³/mol. The number of fused-ring (bicyclic) bond motifs is 2. The Morgan fingerprint density at radius 1 is 0.625 bits per heavy atom. The molecule has 1 N–H and O–H groups in total. The number of rotatable bonds is 9. The highest BCUT2D eigenvalue weighted by Gasteiger charge is 2.48. The van der Waals surface area contributed by atoms with Gasteiger partial charge in [0.05, 0.1) is 5.76 Å². The first-order valence-electron chi connectivity index (χ1n) is 23.5. The average molecular weight is 882 g/mol. The van der Waals surface area contributed by atoms with Gasteiger partial charge in [-0.05, 0) is 102 Å². The normalized spacial score (nSPS) is 24.8. The van der Waals surface area contributed by atoms with E-state index in [1.807, 2.05) is 6.07 Å². The Hall–Kier alpha value is -5.74. The number of anilines is 1. The van der Waals surface area contributed by atoms with Gasteiger partial charge in [0.25, 0.3) is 5.91 Å². The molecule has 8 heterocycles. The Labute approximate surface area is 371 Å². The highest BCUT2D eigenvalue weighted by Crippen LogP contribution is 2.40. The maximum atomic E-state index is 14.5. The van der Waals surface area contributed by atoms with Gasteiger partial charge in [-0.1, -0.05) is 0 Å². The summed E-state index contributed by atoms with van der Waals surface area (Å²) in [4.78, 5) is 121. The topological polar surface area (TPSA) is 193 Å². The van der Waals surface area contributed by atoms with Crippen LogP contribution in [0.15, 0.2) is 33.2 Å². The monoisotopic (exact) mass is 881 g/mol. The zero-order chi connectivity index (χ0) is 44.8. The molecule has 6 amide bonds. The van der Waals surface area contributed by atoms with E-state index in [0.717, 1.165) is 55.8 Å². The maximum Gasteiger partial charge on any atom is 0.349 e. The van der Waals surface area contributed by atoms with E-state index >= 15 is 0 Å². The number of carbonyl (C=O) groups excluding carboxylic acids is 7. The van der Waals surface area contributed by atoms with E-state index in [0.29, 0.717) is 109 Å². The highest BCUT2D eigenvalue weighted by molar-refractivity contribution is 6.02. The van der Waals surface area contributed by atoms with E-state index < -0.39 is 35.7 Å². The van der Waals surface area contributed by atoms with Gasteiger partial charge < -0.3 is 43.8 Å². The third kappa shape index (κ3) is 8.14. The quantitative estimate of drug-likeness (QED) is 0.221. The Kier molecular flexibility index (Phi) is 12.3. The van der Waals surface area contributed by atoms with Crippen molar-refractivity contribution in [3.05, 3.63) is 51.1 Å². The Morgan fingerprint density at radius 2 is 1.14 bits per heavy atom. The van der Waals surface area contributed by atoms with Crippen LogP contribution in [0.3, 0.4) is 0 Å². The molecule has 7 aliphatic heterocycles. The van der Waals surface area contributed by atoms with Crippen molar-refractivity contribution < 1.29 is 43.1 Å². The van der Waals surface area contributed by atoms with E-state index in [9.17, 15) is 43.5 Å². The summed E-state index contributed by atoms with van der Waals surface area (Å²) < 4.78 is 5.94. The van der Waals surface area contributed by atoms with Crippen LogP contribution in [0, 0.1) is 0 Å². The Morgan fingerprint density at radius 3 is 1.72 bits per heavy atom. The van der Waals surface area contributed by atoms with Crippen molar-refractivity contribution in [2.75, 3.05) is 70.3 Å². The van der Waals surface area contributed by atoms with Crippen LogP contribution in [0.25, 0.3) is 11.0 Å². The van der Waals surface area contributed by atoms with Crippen molar-refractivity contribution in [2.24, 2.45) is 0 Å². The lowest BCUT2D eigenvalue weighted by Crippen LogP contribution is -2.58. The molecule has 4 atom stereocenters. The lowest BCUT2D eigenvalue weighted by Gasteiger charge is -2.38. The summed E-state index contributed by atoms with van der Waals surface area (Å²) in [7, 11) is 0. The van der Waals surface area contributed by atoms with Crippen LogP contribution >= 0.6 is 0 Å². The lowest BCUT2D eigenvalue weighted by atomic mass is 9.90. The number of carbonyl (C=O) groups is 7. The number of hydrogen-bond donors (Lipinski definition) is 1. The number of likely N-dealkylation sites (tertiary alicyclic amines) is 4. The number of aryl methyl sites for hydroxylation is 2. The molecule has 4 unspecified atom stereocenters. The fourth-order valence-electron chi connectivity index (χ4n) is 11.5. The molecular weight excluding hydrogens is 823 g/mol. The van der Waals surface area contributed by atoms with Crippen molar-refractivity contribution in [1.29, 1.82) is 0 Å². The second kappa shape index (κ2) is 18.0. The van der Waals surface area contributed by atoms with Crippen LogP contribution in [0.4, 0.5) is 5.69 Å². The van der Waals surface area contributed by atoms with Crippen LogP contribution < -0.4 is 10.5 Å². The van der Waals surface area contributed by atoms with Crippen LogP contribution in [0.1, 0.15) is 105 Å². The van der Waals surface area contributed by atoms with Crippen LogP contribution in [-0.4, -0.2) is 165 Å². The van der Waals surface area contributed by atoms with Gasteiger partial charge in [0.1, 0.15) is 35.3 Å². The van der Waals surface area contributed by atoms with Gasteiger partial charge in [-0.25, -0.2) is 4.79 Å². The molecule has 64 heavy (non-hydrogen) atoms. The van der Waals surface area contributed by atoms with Crippen molar-refractivity contribution in [1.82, 2.24) is 29.4 Å². The number of amides is 6. The number of hydrogen-bond acceptors (Lipinski definition) is 11. The summed E-state index contributed by atoms with van der Waals surface area (Å²) in [5.41, 5.74) is 3.12. The fourth-order valence-corrected chi connectivity index (χ4v) is 11.5. The molecule has 5 fully saturated rings. The third-order valence-corrected chi connectivity index (χ3v) is 14.6. The minimum absolute atomic E-state index is 0.0454. The number of ketones is 1. The molecule has 342 valence electrons. The summed E-state index contributed by atoms with van der Waals surface area (Å²) in [5, 5.41) is 10.6. The predicted octanol–water partition coefficient (Wildman–Crippen LogP) is 2.55. The largest absolute Gasteiger partial charge is 0.512 e. The lowest BCUT2D eigenvalue weighted by molar-refractivity contribution is -0.153. The van der Waals surface area contributed by atoms with E-state index in [1.165, 1.54) is 23.1 Å². The zero-order valence-electron chi connectivity index (χ0n) is 36.8. The minimum Gasteiger partial charge on any atom is -0.512 e. The highest BCUT2D eigenvalue weighted by atomic mass is 16.4. The number of aliphatic hydroxyl groups excluding tert-OH is 1. The summed E-state index contributed by atoms with van der Waals surface area (Å²) in [6.45, 7) is 5.89. The van der Waals surface area contributed by atoms with Gasteiger partial charge in [0.2, 0.25) is 29.5 Å². The van der Waals surface area contributed by atoms with Crippen molar-refractivity contribution in [3.63, 3.8) is 0 Å². The number of piperazine rings is 1. The number of aliphatic hydroxyl groups is 1. The molecule has 1 aromatic heterocycles. The summed E-state index contributed by atoms with van der Waals surface area (Å²) >= 11 is 0. The summed E-state index contributed by atoms with van der Waals surface area (Å²) in [5.74, 6) is -2.25. The second-order valence-corrected chi connectivity index (χ2v) is 18.6. The van der Waals surface area contributed by atoms with Crippen molar-refractivity contribution in [2.45, 2.75) is 121 Å². The molecule has 2 aromatic rings. The van der Waals surface area contributed by atoms with Gasteiger partial charge in [0, 0.05) is 101 Å². The Balaban J connectivity index is 0.838. The second-order valence-electron chi connectivity index (χ2n) is 18.6. The van der Waals surface area contributed by atoms with E-state index in [-0.39, 0.29) is 59.5 Å². The molecule has 0 bridgehead atoms. The van der Waals surface area contributed by atoms with E-state index in [2.05, 4.69) is 4.90 Å². The first-order chi connectivity index (χ1) is 30.9. The maximum absolute atomic E-state index is 14.5. The number of benzene rings is 1. The number of nitrogens with zero attached hydrogens (tertiary/aromatic N) is 7. The van der Waals surface area contributed by atoms with Gasteiger partial charge in [0.15, 0.2) is 5.78 Å². The SMILES string of the molecule is CC(=O)C=C(O)CCC(=O)N1CCN(C(=O)C2CCCN2C(=O)C2CCCN2C(=O)C2CCCN2C(=O)C2CCCN2C(=O)c2cc3cc4c5c(c3oc2=O)CCCN5CCC4)CC1. The van der Waals surface area contributed by atoms with Gasteiger partial charge in [-0.2, -0.15) is 0 Å². The molecule has 1 aromatic carbocycles. The first kappa shape index (κ1) is 43.5. The molecule has 0 saturated carbocycles. The third-order valence-electron chi connectivity index (χ3n) is 14.6. The molecular formula is C47H59N7O10. The molecule has 0 spiro atoms. The van der Waals surface area contributed by atoms with Gasteiger partial charge >= 0.3 is 5.63 Å². The summed E-state index contributed by atoms with van der Waals surface area (Å²) in [6.07, 6.45) is 9.11. The van der Waals surface area contributed by atoms with Crippen molar-refractivity contribution >= 4 is 57.9 Å². The molecule has 0 aliphatic carbocycles.